The molecule has 0 spiro atoms. The number of hydrogen-bond donors (Lipinski definition) is 1. The Labute approximate surface area is 228 Å². The van der Waals surface area contributed by atoms with Gasteiger partial charge in [0.2, 0.25) is 11.7 Å². The summed E-state index contributed by atoms with van der Waals surface area (Å²) in [6.45, 7) is 2.02. The predicted molar refractivity (Wildman–Crippen MR) is 150 cm³/mol. The van der Waals surface area contributed by atoms with Crippen LogP contribution in [0.2, 0.25) is 0 Å². The third-order valence-electron chi connectivity index (χ3n) is 6.69. The molecule has 38 heavy (non-hydrogen) atoms. The number of rotatable bonds is 10. The summed E-state index contributed by atoms with van der Waals surface area (Å²) < 4.78 is 16.3. The van der Waals surface area contributed by atoms with E-state index >= 15 is 0 Å². The van der Waals surface area contributed by atoms with Gasteiger partial charge < -0.3 is 24.4 Å². The standard InChI is InChI=1S/C30H34N2O5S/c1-5-27-32(30(34)22-17-25(35-2)28(37-4)26(18-22)36-3)24(19-38-27)29(33)31-23(21-14-10-7-11-15-21)16-20-12-8-6-9-13-20/h6-15,17-18,23-24,27H,5,16,19H2,1-4H3,(H,31,33). The first kappa shape index (κ1) is 27.4. The molecule has 3 atom stereocenters. The fraction of sp³-hybridized carbons (Fsp3) is 0.333. The zero-order valence-electron chi connectivity index (χ0n) is 22.2. The average molecular weight is 535 g/mol. The summed E-state index contributed by atoms with van der Waals surface area (Å²) in [5.74, 6) is 1.30. The van der Waals surface area contributed by atoms with Crippen LogP contribution in [-0.2, 0) is 11.2 Å². The second-order valence-corrected chi connectivity index (χ2v) is 10.2. The highest BCUT2D eigenvalue weighted by atomic mass is 32.2. The second-order valence-electron chi connectivity index (χ2n) is 9.00. The zero-order chi connectivity index (χ0) is 27.1. The lowest BCUT2D eigenvalue weighted by molar-refractivity contribution is -0.125. The van der Waals surface area contributed by atoms with Gasteiger partial charge in [-0.1, -0.05) is 67.6 Å². The summed E-state index contributed by atoms with van der Waals surface area (Å²) in [7, 11) is 4.54. The van der Waals surface area contributed by atoms with Gasteiger partial charge >= 0.3 is 0 Å². The van der Waals surface area contributed by atoms with Gasteiger partial charge in [0.1, 0.15) is 6.04 Å². The minimum atomic E-state index is -0.612. The minimum absolute atomic E-state index is 0.123. The van der Waals surface area contributed by atoms with Crippen molar-refractivity contribution in [3.05, 3.63) is 89.5 Å². The first-order chi connectivity index (χ1) is 18.5. The van der Waals surface area contributed by atoms with E-state index in [1.807, 2.05) is 55.5 Å². The van der Waals surface area contributed by atoms with E-state index in [4.69, 9.17) is 14.2 Å². The van der Waals surface area contributed by atoms with Crippen LogP contribution in [0.5, 0.6) is 17.2 Å². The van der Waals surface area contributed by atoms with E-state index in [9.17, 15) is 9.59 Å². The molecule has 1 heterocycles. The quantitative estimate of drug-likeness (QED) is 0.390. The van der Waals surface area contributed by atoms with Crippen LogP contribution in [0.4, 0.5) is 0 Å². The molecule has 0 aromatic heterocycles. The molecule has 0 saturated carbocycles. The second kappa shape index (κ2) is 12.7. The molecular weight excluding hydrogens is 500 g/mol. The van der Waals surface area contributed by atoms with Crippen molar-refractivity contribution < 1.29 is 23.8 Å². The van der Waals surface area contributed by atoms with Gasteiger partial charge in [-0.15, -0.1) is 11.8 Å². The van der Waals surface area contributed by atoms with Crippen LogP contribution in [0.3, 0.4) is 0 Å². The van der Waals surface area contributed by atoms with Crippen LogP contribution in [0.15, 0.2) is 72.8 Å². The maximum Gasteiger partial charge on any atom is 0.255 e. The maximum atomic E-state index is 13.9. The summed E-state index contributed by atoms with van der Waals surface area (Å²) in [5, 5.41) is 3.13. The van der Waals surface area contributed by atoms with E-state index < -0.39 is 6.04 Å². The summed E-state index contributed by atoms with van der Waals surface area (Å²) in [6.07, 6.45) is 1.37. The Balaban J connectivity index is 1.62. The fourth-order valence-corrected chi connectivity index (χ4v) is 6.12. The van der Waals surface area contributed by atoms with Crippen LogP contribution >= 0.6 is 11.8 Å². The van der Waals surface area contributed by atoms with E-state index in [0.29, 0.717) is 35.0 Å². The van der Waals surface area contributed by atoms with Crippen molar-refractivity contribution in [2.24, 2.45) is 0 Å². The monoisotopic (exact) mass is 534 g/mol. The molecule has 0 bridgehead atoms. The SMILES string of the molecule is CCC1SCC(C(=O)NC(Cc2ccccc2)c2ccccc2)N1C(=O)c1cc(OC)c(OC)c(OC)c1. The van der Waals surface area contributed by atoms with Crippen LogP contribution in [0.25, 0.3) is 0 Å². The predicted octanol–water partition coefficient (Wildman–Crippen LogP) is 5.11. The molecule has 0 aliphatic carbocycles. The molecule has 2 amide bonds. The van der Waals surface area contributed by atoms with Gasteiger partial charge in [-0.3, -0.25) is 9.59 Å². The highest BCUT2D eigenvalue weighted by Crippen LogP contribution is 2.40. The number of thioether (sulfide) groups is 1. The fourth-order valence-electron chi connectivity index (χ4n) is 4.76. The van der Waals surface area contributed by atoms with Crippen molar-refractivity contribution in [3.63, 3.8) is 0 Å². The number of amides is 2. The molecule has 1 N–H and O–H groups in total. The number of methoxy groups -OCH3 is 3. The van der Waals surface area contributed by atoms with E-state index in [1.54, 1.807) is 28.8 Å². The number of carbonyl (C=O) groups excluding carboxylic acids is 2. The van der Waals surface area contributed by atoms with Crippen molar-refractivity contribution in [2.45, 2.75) is 37.2 Å². The Morgan fingerprint density at radius 3 is 2.11 bits per heavy atom. The van der Waals surface area contributed by atoms with E-state index in [0.717, 1.165) is 17.5 Å². The maximum absolute atomic E-state index is 13.9. The Bertz CT molecular complexity index is 1210. The number of carbonyl (C=O) groups is 2. The third-order valence-corrected chi connectivity index (χ3v) is 8.15. The first-order valence-electron chi connectivity index (χ1n) is 12.6. The van der Waals surface area contributed by atoms with Crippen LogP contribution in [0.1, 0.15) is 40.9 Å². The van der Waals surface area contributed by atoms with Crippen molar-refractivity contribution in [3.8, 4) is 17.2 Å². The van der Waals surface area contributed by atoms with Crippen LogP contribution in [-0.4, -0.2) is 55.2 Å². The van der Waals surface area contributed by atoms with Crippen LogP contribution < -0.4 is 19.5 Å². The van der Waals surface area contributed by atoms with E-state index in [1.165, 1.54) is 21.3 Å². The van der Waals surface area contributed by atoms with E-state index in [2.05, 4.69) is 17.4 Å². The lowest BCUT2D eigenvalue weighted by Gasteiger charge is -2.30. The Morgan fingerprint density at radius 1 is 0.947 bits per heavy atom. The lowest BCUT2D eigenvalue weighted by atomic mass is 9.98. The molecule has 3 unspecified atom stereocenters. The van der Waals surface area contributed by atoms with Crippen molar-refractivity contribution in [2.75, 3.05) is 27.1 Å². The van der Waals surface area contributed by atoms with Gasteiger partial charge in [-0.25, -0.2) is 0 Å². The van der Waals surface area contributed by atoms with Crippen LogP contribution in [0, 0.1) is 0 Å². The van der Waals surface area contributed by atoms with Crippen molar-refractivity contribution in [1.82, 2.24) is 10.2 Å². The Kier molecular flexibility index (Phi) is 9.18. The molecule has 200 valence electrons. The number of nitrogens with one attached hydrogen (secondary N) is 1. The van der Waals surface area contributed by atoms with Crippen molar-refractivity contribution in [1.29, 1.82) is 0 Å². The highest BCUT2D eigenvalue weighted by Gasteiger charge is 2.42. The topological polar surface area (TPSA) is 77.1 Å². The Morgan fingerprint density at radius 2 is 1.55 bits per heavy atom. The van der Waals surface area contributed by atoms with Gasteiger partial charge in [0.05, 0.1) is 32.7 Å². The molecule has 4 rings (SSSR count). The zero-order valence-corrected chi connectivity index (χ0v) is 23.0. The number of benzene rings is 3. The highest BCUT2D eigenvalue weighted by molar-refractivity contribution is 8.00. The number of ether oxygens (including phenoxy) is 3. The lowest BCUT2D eigenvalue weighted by Crippen LogP contribution is -2.50. The first-order valence-corrected chi connectivity index (χ1v) is 13.7. The van der Waals surface area contributed by atoms with Gasteiger partial charge in [0.15, 0.2) is 11.5 Å². The molecular formula is C30H34N2O5S. The molecule has 3 aromatic rings. The number of hydrogen-bond acceptors (Lipinski definition) is 6. The minimum Gasteiger partial charge on any atom is -0.493 e. The van der Waals surface area contributed by atoms with Crippen molar-refractivity contribution >= 4 is 23.6 Å². The van der Waals surface area contributed by atoms with Gasteiger partial charge in [-0.05, 0) is 36.1 Å². The largest absolute Gasteiger partial charge is 0.493 e. The number of nitrogens with zero attached hydrogens (tertiary/aromatic N) is 1. The van der Waals surface area contributed by atoms with E-state index in [-0.39, 0.29) is 23.2 Å². The molecule has 1 aliphatic rings. The molecule has 1 fully saturated rings. The molecule has 7 nitrogen and oxygen atoms in total. The smallest absolute Gasteiger partial charge is 0.255 e. The average Bonchev–Trinajstić information content (AvgIpc) is 3.41. The summed E-state index contributed by atoms with van der Waals surface area (Å²) in [4.78, 5) is 29.4. The molecule has 8 heteroatoms. The van der Waals surface area contributed by atoms with Gasteiger partial charge in [0, 0.05) is 11.3 Å². The summed E-state index contributed by atoms with van der Waals surface area (Å²) in [6, 6.07) is 22.5. The normalized spacial score (nSPS) is 17.5. The third kappa shape index (κ3) is 5.91. The Hall–Kier alpha value is -3.65. The summed E-state index contributed by atoms with van der Waals surface area (Å²) >= 11 is 1.62. The molecule has 1 saturated heterocycles. The molecule has 0 radical (unpaired) electrons. The molecule has 3 aromatic carbocycles. The van der Waals surface area contributed by atoms with Gasteiger partial charge in [0.25, 0.3) is 5.91 Å². The molecule has 1 aliphatic heterocycles. The summed E-state index contributed by atoms with van der Waals surface area (Å²) in [5.41, 5.74) is 2.52. The van der Waals surface area contributed by atoms with Gasteiger partial charge in [-0.2, -0.15) is 0 Å².